The Morgan fingerprint density at radius 1 is 1.04 bits per heavy atom. The molecule has 0 bridgehead atoms. The van der Waals surface area contributed by atoms with E-state index < -0.39 is 9.85 Å². The molecule has 0 amide bonds. The highest BCUT2D eigenvalue weighted by Crippen LogP contribution is 2.32. The van der Waals surface area contributed by atoms with Gasteiger partial charge in [-0.05, 0) is 30.7 Å². The van der Waals surface area contributed by atoms with Crippen LogP contribution in [-0.4, -0.2) is 23.5 Å². The zero-order valence-electron chi connectivity index (χ0n) is 13.3. The highest BCUT2D eigenvalue weighted by atomic mass is 16.6. The van der Waals surface area contributed by atoms with Crippen LogP contribution in [0, 0.1) is 20.2 Å². The molecular formula is C16H17N3O5. The number of rotatable bonds is 7. The summed E-state index contributed by atoms with van der Waals surface area (Å²) in [6.45, 7) is 2.90. The zero-order chi connectivity index (χ0) is 17.7. The van der Waals surface area contributed by atoms with Crippen molar-refractivity contribution in [2.45, 2.75) is 13.5 Å². The molecule has 126 valence electrons. The molecular weight excluding hydrogens is 314 g/mol. The predicted octanol–water partition coefficient (Wildman–Crippen LogP) is 3.54. The summed E-state index contributed by atoms with van der Waals surface area (Å²) in [5.74, 6) is 0.755. The normalized spacial score (nSPS) is 10.2. The molecule has 0 heterocycles. The Morgan fingerprint density at radius 3 is 2.25 bits per heavy atom. The van der Waals surface area contributed by atoms with Gasteiger partial charge in [-0.2, -0.15) is 0 Å². The number of nitro groups is 2. The van der Waals surface area contributed by atoms with Gasteiger partial charge in [0.15, 0.2) is 0 Å². The summed E-state index contributed by atoms with van der Waals surface area (Å²) in [6.07, 6.45) is 0. The van der Waals surface area contributed by atoms with Crippen molar-refractivity contribution < 1.29 is 14.6 Å². The molecule has 0 N–H and O–H groups in total. The molecule has 0 aliphatic heterocycles. The Morgan fingerprint density at radius 2 is 1.71 bits per heavy atom. The number of nitro benzene ring substituents is 2. The minimum atomic E-state index is -0.650. The zero-order valence-corrected chi connectivity index (χ0v) is 13.3. The summed E-state index contributed by atoms with van der Waals surface area (Å²) in [7, 11) is 1.70. The Hall–Kier alpha value is -3.16. The third-order valence-electron chi connectivity index (χ3n) is 3.43. The van der Waals surface area contributed by atoms with Gasteiger partial charge < -0.3 is 9.64 Å². The van der Waals surface area contributed by atoms with Gasteiger partial charge in [0.25, 0.3) is 11.4 Å². The number of ether oxygens (including phenoxy) is 1. The van der Waals surface area contributed by atoms with E-state index in [1.54, 1.807) is 11.9 Å². The summed E-state index contributed by atoms with van der Waals surface area (Å²) in [4.78, 5) is 22.4. The van der Waals surface area contributed by atoms with E-state index in [-0.39, 0.29) is 11.4 Å². The average Bonchev–Trinajstić information content (AvgIpc) is 2.56. The number of non-ortho nitro benzene ring substituents is 1. The smallest absolute Gasteiger partial charge is 0.299 e. The first-order valence-corrected chi connectivity index (χ1v) is 7.28. The molecule has 0 spiro atoms. The summed E-state index contributed by atoms with van der Waals surface area (Å²) in [5.41, 5.74) is 0.658. The lowest BCUT2D eigenvalue weighted by Gasteiger charge is -2.19. The fraction of sp³-hybridized carbons (Fsp3) is 0.250. The summed E-state index contributed by atoms with van der Waals surface area (Å²) >= 11 is 0. The maximum absolute atomic E-state index is 11.2. The van der Waals surface area contributed by atoms with Crippen LogP contribution < -0.4 is 9.64 Å². The molecule has 8 nitrogen and oxygen atoms in total. The van der Waals surface area contributed by atoms with Crippen LogP contribution in [0.1, 0.15) is 12.5 Å². The van der Waals surface area contributed by atoms with Crippen LogP contribution in [0.25, 0.3) is 0 Å². The van der Waals surface area contributed by atoms with Gasteiger partial charge in [-0.3, -0.25) is 20.2 Å². The van der Waals surface area contributed by atoms with Gasteiger partial charge in [0.05, 0.1) is 22.5 Å². The highest BCUT2D eigenvalue weighted by molar-refractivity contribution is 5.66. The maximum atomic E-state index is 11.2. The van der Waals surface area contributed by atoms with E-state index in [4.69, 9.17) is 4.74 Å². The van der Waals surface area contributed by atoms with Crippen molar-refractivity contribution in [3.05, 3.63) is 68.3 Å². The van der Waals surface area contributed by atoms with E-state index in [1.807, 2.05) is 31.2 Å². The van der Waals surface area contributed by atoms with Crippen LogP contribution in [0.5, 0.6) is 5.75 Å². The third kappa shape index (κ3) is 3.97. The molecule has 0 radical (unpaired) electrons. The molecule has 0 aromatic heterocycles. The van der Waals surface area contributed by atoms with Gasteiger partial charge in [0.2, 0.25) is 0 Å². The Kier molecular flexibility index (Phi) is 5.31. The molecule has 0 saturated heterocycles. The monoisotopic (exact) mass is 331 g/mol. The first-order valence-electron chi connectivity index (χ1n) is 7.28. The Labute approximate surface area is 138 Å². The number of benzene rings is 2. The van der Waals surface area contributed by atoms with Crippen molar-refractivity contribution in [2.75, 3.05) is 18.6 Å². The van der Waals surface area contributed by atoms with Crippen LogP contribution in [0.15, 0.2) is 42.5 Å². The van der Waals surface area contributed by atoms with E-state index >= 15 is 0 Å². The molecule has 0 unspecified atom stereocenters. The summed E-state index contributed by atoms with van der Waals surface area (Å²) < 4.78 is 5.37. The van der Waals surface area contributed by atoms with E-state index in [0.29, 0.717) is 18.8 Å². The molecule has 2 rings (SSSR count). The van der Waals surface area contributed by atoms with Crippen molar-refractivity contribution in [2.24, 2.45) is 0 Å². The quantitative estimate of drug-likeness (QED) is 0.568. The second kappa shape index (κ2) is 7.40. The van der Waals surface area contributed by atoms with Gasteiger partial charge in [0.1, 0.15) is 11.4 Å². The van der Waals surface area contributed by atoms with Crippen LogP contribution >= 0.6 is 0 Å². The highest BCUT2D eigenvalue weighted by Gasteiger charge is 2.21. The molecule has 0 aliphatic rings. The number of hydrogen-bond donors (Lipinski definition) is 0. The Balaban J connectivity index is 2.23. The molecule has 2 aromatic carbocycles. The topological polar surface area (TPSA) is 98.8 Å². The van der Waals surface area contributed by atoms with Gasteiger partial charge in [-0.1, -0.05) is 12.1 Å². The maximum Gasteiger partial charge on any atom is 0.299 e. The first-order chi connectivity index (χ1) is 11.4. The Bertz CT molecular complexity index is 746. The lowest BCUT2D eigenvalue weighted by Crippen LogP contribution is -2.17. The second-order valence-electron chi connectivity index (χ2n) is 5.12. The molecule has 8 heteroatoms. The largest absolute Gasteiger partial charge is 0.494 e. The summed E-state index contributed by atoms with van der Waals surface area (Å²) in [5, 5.41) is 22.0. The van der Waals surface area contributed by atoms with E-state index in [2.05, 4.69) is 0 Å². The van der Waals surface area contributed by atoms with Crippen LogP contribution in [0.4, 0.5) is 17.1 Å². The van der Waals surface area contributed by atoms with Gasteiger partial charge >= 0.3 is 0 Å². The van der Waals surface area contributed by atoms with Crippen molar-refractivity contribution in [1.29, 1.82) is 0 Å². The molecule has 2 aromatic rings. The summed E-state index contributed by atoms with van der Waals surface area (Å²) in [6, 6.07) is 11.0. The SMILES string of the molecule is CCOc1ccc(CN(C)c2ccc([N+](=O)[O-])cc2[N+](=O)[O-])cc1. The average molecular weight is 331 g/mol. The fourth-order valence-electron chi connectivity index (χ4n) is 2.31. The standard InChI is InChI=1S/C16H17N3O5/c1-3-24-14-7-4-12(5-8-14)11-17(2)15-9-6-13(18(20)21)10-16(15)19(22)23/h4-10H,3,11H2,1-2H3. The van der Waals surface area contributed by atoms with Gasteiger partial charge in [0, 0.05) is 19.7 Å². The first kappa shape index (κ1) is 17.2. The predicted molar refractivity (Wildman–Crippen MR) is 89.5 cm³/mol. The lowest BCUT2D eigenvalue weighted by molar-refractivity contribution is -0.393. The number of anilines is 1. The van der Waals surface area contributed by atoms with Crippen molar-refractivity contribution in [3.8, 4) is 5.75 Å². The fourth-order valence-corrected chi connectivity index (χ4v) is 2.31. The molecule has 0 atom stereocenters. The van der Waals surface area contributed by atoms with E-state index in [9.17, 15) is 20.2 Å². The van der Waals surface area contributed by atoms with Crippen molar-refractivity contribution in [3.63, 3.8) is 0 Å². The van der Waals surface area contributed by atoms with Crippen LogP contribution in [0.3, 0.4) is 0 Å². The number of hydrogen-bond acceptors (Lipinski definition) is 6. The van der Waals surface area contributed by atoms with Crippen LogP contribution in [0.2, 0.25) is 0 Å². The van der Waals surface area contributed by atoms with Crippen LogP contribution in [-0.2, 0) is 6.54 Å². The number of nitrogens with zero attached hydrogens (tertiary/aromatic N) is 3. The lowest BCUT2D eigenvalue weighted by atomic mass is 10.1. The molecule has 0 aliphatic carbocycles. The third-order valence-corrected chi connectivity index (χ3v) is 3.43. The van der Waals surface area contributed by atoms with Crippen molar-refractivity contribution in [1.82, 2.24) is 0 Å². The molecule has 0 fully saturated rings. The minimum Gasteiger partial charge on any atom is -0.494 e. The van der Waals surface area contributed by atoms with E-state index in [0.717, 1.165) is 17.4 Å². The van der Waals surface area contributed by atoms with Gasteiger partial charge in [-0.25, -0.2) is 0 Å². The van der Waals surface area contributed by atoms with E-state index in [1.165, 1.54) is 12.1 Å². The molecule has 0 saturated carbocycles. The van der Waals surface area contributed by atoms with Gasteiger partial charge in [-0.15, -0.1) is 0 Å². The molecule has 24 heavy (non-hydrogen) atoms. The van der Waals surface area contributed by atoms with Crippen molar-refractivity contribution >= 4 is 17.1 Å². The minimum absolute atomic E-state index is 0.294. The second-order valence-corrected chi connectivity index (χ2v) is 5.12.